The number of rotatable bonds is 3. The van der Waals surface area contributed by atoms with E-state index >= 15 is 0 Å². The van der Waals surface area contributed by atoms with Crippen molar-refractivity contribution in [3.8, 4) is 0 Å². The predicted molar refractivity (Wildman–Crippen MR) is 52.4 cm³/mol. The monoisotopic (exact) mass is 212 g/mol. The van der Waals surface area contributed by atoms with Gasteiger partial charge in [0, 0.05) is 11.6 Å². The van der Waals surface area contributed by atoms with Gasteiger partial charge in [-0.3, -0.25) is 0 Å². The number of carbonyl (C=O) groups excluding carboxylic acids is 1. The molecular formula is C11H10F2O2. The quantitative estimate of drug-likeness (QED) is 0.720. The Hall–Kier alpha value is -1.71. The summed E-state index contributed by atoms with van der Waals surface area (Å²) in [6.45, 7) is 5.10. The minimum atomic E-state index is -0.934. The zero-order valence-corrected chi connectivity index (χ0v) is 8.22. The van der Waals surface area contributed by atoms with Crippen LogP contribution in [0.25, 0.3) is 6.08 Å². The summed E-state index contributed by atoms with van der Waals surface area (Å²) < 4.78 is 30.8. The van der Waals surface area contributed by atoms with Crippen molar-refractivity contribution in [1.82, 2.24) is 0 Å². The molecule has 2 nitrogen and oxygen atoms in total. The van der Waals surface area contributed by atoms with E-state index in [2.05, 4.69) is 11.3 Å². The van der Waals surface area contributed by atoms with Crippen LogP contribution in [0.1, 0.15) is 22.8 Å². The van der Waals surface area contributed by atoms with Crippen molar-refractivity contribution in [2.45, 2.75) is 6.92 Å². The smallest absolute Gasteiger partial charge is 0.341 e. The third-order valence-electron chi connectivity index (χ3n) is 1.80. The molecule has 15 heavy (non-hydrogen) atoms. The molecule has 0 saturated carbocycles. The highest BCUT2D eigenvalue weighted by molar-refractivity contribution is 5.90. The summed E-state index contributed by atoms with van der Waals surface area (Å²) in [5.41, 5.74) is -0.215. The standard InChI is InChI=1S/C11H10F2O2/c1-3-7-5-8(11(14)15-4-2)10(13)6-9(7)12/h3,5-6H,1,4H2,2H3. The van der Waals surface area contributed by atoms with Gasteiger partial charge in [-0.05, 0) is 13.0 Å². The molecule has 0 N–H and O–H groups in total. The fourth-order valence-corrected chi connectivity index (χ4v) is 1.09. The molecule has 0 heterocycles. The predicted octanol–water partition coefficient (Wildman–Crippen LogP) is 2.78. The van der Waals surface area contributed by atoms with Crippen LogP contribution in [0.4, 0.5) is 8.78 Å². The van der Waals surface area contributed by atoms with Gasteiger partial charge in [0.05, 0.1) is 12.2 Å². The number of hydrogen-bond donors (Lipinski definition) is 0. The molecule has 0 aliphatic carbocycles. The number of ether oxygens (including phenoxy) is 1. The lowest BCUT2D eigenvalue weighted by atomic mass is 10.1. The highest BCUT2D eigenvalue weighted by Crippen LogP contribution is 2.16. The lowest BCUT2D eigenvalue weighted by Crippen LogP contribution is -2.08. The maximum atomic E-state index is 13.2. The number of halogens is 2. The van der Waals surface area contributed by atoms with Crippen LogP contribution in [0, 0.1) is 11.6 Å². The summed E-state index contributed by atoms with van der Waals surface area (Å²) in [6.07, 6.45) is 1.21. The van der Waals surface area contributed by atoms with Gasteiger partial charge in [0.2, 0.25) is 0 Å². The van der Waals surface area contributed by atoms with E-state index in [1.165, 1.54) is 6.08 Å². The summed E-state index contributed by atoms with van der Waals surface area (Å²) in [5, 5.41) is 0. The Morgan fingerprint density at radius 1 is 1.47 bits per heavy atom. The average Bonchev–Trinajstić information content (AvgIpc) is 2.18. The maximum Gasteiger partial charge on any atom is 0.341 e. The van der Waals surface area contributed by atoms with E-state index in [-0.39, 0.29) is 17.7 Å². The number of esters is 1. The minimum Gasteiger partial charge on any atom is -0.462 e. The Bertz CT molecular complexity index is 400. The molecule has 0 fully saturated rings. The Morgan fingerprint density at radius 2 is 2.13 bits per heavy atom. The SMILES string of the molecule is C=Cc1cc(C(=O)OCC)c(F)cc1F. The first-order valence-electron chi connectivity index (χ1n) is 4.38. The molecule has 1 aromatic rings. The van der Waals surface area contributed by atoms with Gasteiger partial charge in [0.25, 0.3) is 0 Å². The normalized spacial score (nSPS) is 9.80. The van der Waals surface area contributed by atoms with E-state index in [1.807, 2.05) is 0 Å². The Labute approximate surface area is 86.2 Å². The zero-order chi connectivity index (χ0) is 11.4. The third-order valence-corrected chi connectivity index (χ3v) is 1.80. The number of hydrogen-bond acceptors (Lipinski definition) is 2. The van der Waals surface area contributed by atoms with Gasteiger partial charge in [-0.2, -0.15) is 0 Å². The van der Waals surface area contributed by atoms with Gasteiger partial charge in [-0.25, -0.2) is 13.6 Å². The summed E-state index contributed by atoms with van der Waals surface area (Å²) >= 11 is 0. The summed E-state index contributed by atoms with van der Waals surface area (Å²) in [7, 11) is 0. The molecule has 80 valence electrons. The van der Waals surface area contributed by atoms with Crippen molar-refractivity contribution < 1.29 is 18.3 Å². The Balaban J connectivity index is 3.18. The summed E-state index contributed by atoms with van der Waals surface area (Å²) in [6, 6.07) is 1.72. The van der Waals surface area contributed by atoms with E-state index in [0.29, 0.717) is 6.07 Å². The lowest BCUT2D eigenvalue weighted by molar-refractivity contribution is 0.0521. The zero-order valence-electron chi connectivity index (χ0n) is 8.22. The van der Waals surface area contributed by atoms with E-state index < -0.39 is 17.6 Å². The molecule has 0 bridgehead atoms. The van der Waals surface area contributed by atoms with E-state index in [4.69, 9.17) is 0 Å². The van der Waals surface area contributed by atoms with E-state index in [1.54, 1.807) is 6.92 Å². The van der Waals surface area contributed by atoms with Crippen molar-refractivity contribution in [3.05, 3.63) is 41.5 Å². The average molecular weight is 212 g/mol. The van der Waals surface area contributed by atoms with Crippen LogP contribution in [0.3, 0.4) is 0 Å². The van der Waals surface area contributed by atoms with Crippen LogP contribution >= 0.6 is 0 Å². The van der Waals surface area contributed by atoms with Crippen molar-refractivity contribution in [2.75, 3.05) is 6.61 Å². The molecule has 0 aromatic heterocycles. The van der Waals surface area contributed by atoms with Gasteiger partial charge in [-0.1, -0.05) is 12.7 Å². The van der Waals surface area contributed by atoms with Gasteiger partial charge in [-0.15, -0.1) is 0 Å². The maximum absolute atomic E-state index is 13.2. The molecule has 0 radical (unpaired) electrons. The molecule has 0 unspecified atom stereocenters. The highest BCUT2D eigenvalue weighted by Gasteiger charge is 2.15. The molecule has 0 aliphatic heterocycles. The van der Waals surface area contributed by atoms with E-state index in [0.717, 1.165) is 6.07 Å². The van der Waals surface area contributed by atoms with Crippen molar-refractivity contribution in [1.29, 1.82) is 0 Å². The van der Waals surface area contributed by atoms with Crippen molar-refractivity contribution >= 4 is 12.0 Å². The first-order chi connectivity index (χ1) is 7.10. The molecule has 0 atom stereocenters. The van der Waals surface area contributed by atoms with Crippen LogP contribution in [0.15, 0.2) is 18.7 Å². The lowest BCUT2D eigenvalue weighted by Gasteiger charge is -2.05. The fraction of sp³-hybridized carbons (Fsp3) is 0.182. The van der Waals surface area contributed by atoms with Crippen molar-refractivity contribution in [3.63, 3.8) is 0 Å². The van der Waals surface area contributed by atoms with E-state index in [9.17, 15) is 13.6 Å². The first-order valence-corrected chi connectivity index (χ1v) is 4.38. The van der Waals surface area contributed by atoms with Crippen LogP contribution in [0.5, 0.6) is 0 Å². The second-order valence-electron chi connectivity index (χ2n) is 2.78. The molecular weight excluding hydrogens is 202 g/mol. The Kier molecular flexibility index (Phi) is 3.55. The minimum absolute atomic E-state index is 0.0689. The summed E-state index contributed by atoms with van der Waals surface area (Å²) in [4.78, 5) is 11.2. The number of benzene rings is 1. The largest absolute Gasteiger partial charge is 0.462 e. The highest BCUT2D eigenvalue weighted by atomic mass is 19.1. The van der Waals surface area contributed by atoms with Crippen LogP contribution < -0.4 is 0 Å². The Morgan fingerprint density at radius 3 is 2.67 bits per heavy atom. The molecule has 0 aliphatic rings. The molecule has 1 rings (SSSR count). The van der Waals surface area contributed by atoms with Gasteiger partial charge in [0.1, 0.15) is 11.6 Å². The van der Waals surface area contributed by atoms with Crippen LogP contribution in [0.2, 0.25) is 0 Å². The second-order valence-corrected chi connectivity index (χ2v) is 2.78. The second kappa shape index (κ2) is 4.68. The molecule has 0 saturated heterocycles. The van der Waals surface area contributed by atoms with Gasteiger partial charge in [0.15, 0.2) is 0 Å². The topological polar surface area (TPSA) is 26.3 Å². The van der Waals surface area contributed by atoms with Gasteiger partial charge < -0.3 is 4.74 Å². The molecule has 0 amide bonds. The van der Waals surface area contributed by atoms with Crippen LogP contribution in [-0.2, 0) is 4.74 Å². The first kappa shape index (κ1) is 11.4. The molecule has 0 spiro atoms. The van der Waals surface area contributed by atoms with Gasteiger partial charge >= 0.3 is 5.97 Å². The molecule has 4 heteroatoms. The fourth-order valence-electron chi connectivity index (χ4n) is 1.09. The number of carbonyl (C=O) groups is 1. The third kappa shape index (κ3) is 2.40. The van der Waals surface area contributed by atoms with Crippen LogP contribution in [-0.4, -0.2) is 12.6 Å². The van der Waals surface area contributed by atoms with Crippen molar-refractivity contribution in [2.24, 2.45) is 0 Å². The summed E-state index contributed by atoms with van der Waals surface area (Å²) in [5.74, 6) is -2.50. The molecule has 1 aromatic carbocycles.